The first-order valence-electron chi connectivity index (χ1n) is 3.48. The minimum absolute atomic E-state index is 0.457. The third-order valence-electron chi connectivity index (χ3n) is 1.63. The molecular formula is C7H13OS+. The van der Waals surface area contributed by atoms with Gasteiger partial charge >= 0.3 is 0 Å². The topological polar surface area (TPSA) is 17.1 Å². The van der Waals surface area contributed by atoms with Gasteiger partial charge in [-0.1, -0.05) is 6.92 Å². The molecule has 9 heavy (non-hydrogen) atoms. The molecule has 0 amide bonds. The smallest absolute Gasteiger partial charge is 0.181 e. The van der Waals surface area contributed by atoms with Crippen LogP contribution >= 0.6 is 0 Å². The Morgan fingerprint density at radius 2 is 2.22 bits per heavy atom. The second-order valence-corrected chi connectivity index (χ2v) is 4.74. The molecular weight excluding hydrogens is 132 g/mol. The molecule has 0 aromatic rings. The normalized spacial score (nSPS) is 19.2. The highest BCUT2D eigenvalue weighted by molar-refractivity contribution is 7.98. The molecule has 0 unspecified atom stereocenters. The summed E-state index contributed by atoms with van der Waals surface area (Å²) in [5.74, 6) is 3.99. The third-order valence-corrected chi connectivity index (χ3v) is 4.09. The van der Waals surface area contributed by atoms with Crippen LogP contribution in [0.4, 0.5) is 0 Å². The minimum atomic E-state index is 0.457. The van der Waals surface area contributed by atoms with Crippen molar-refractivity contribution in [1.82, 2.24) is 0 Å². The average molecular weight is 145 g/mol. The van der Waals surface area contributed by atoms with E-state index in [9.17, 15) is 4.79 Å². The van der Waals surface area contributed by atoms with Crippen molar-refractivity contribution in [2.75, 3.05) is 17.3 Å². The fourth-order valence-corrected chi connectivity index (χ4v) is 2.47. The van der Waals surface area contributed by atoms with Crippen LogP contribution in [0.2, 0.25) is 0 Å². The Labute approximate surface area is 59.2 Å². The van der Waals surface area contributed by atoms with E-state index in [0.29, 0.717) is 16.7 Å². The number of Topliss-reactive ketones (excluding diaryl/α,β-unsaturated/α-hetero) is 1. The Morgan fingerprint density at radius 3 is 2.56 bits per heavy atom. The first-order chi connectivity index (χ1) is 4.33. The molecule has 1 aliphatic rings. The molecule has 0 N–H and O–H groups in total. The van der Waals surface area contributed by atoms with Crippen LogP contribution in [0.3, 0.4) is 0 Å². The maximum Gasteiger partial charge on any atom is 0.181 e. The lowest BCUT2D eigenvalue weighted by Gasteiger charge is -2.13. The highest BCUT2D eigenvalue weighted by Crippen LogP contribution is 2.13. The summed E-state index contributed by atoms with van der Waals surface area (Å²) in [6, 6.07) is 0. The van der Waals surface area contributed by atoms with Gasteiger partial charge in [0.05, 0.1) is 0 Å². The van der Waals surface area contributed by atoms with Crippen molar-refractivity contribution in [2.45, 2.75) is 19.8 Å². The van der Waals surface area contributed by atoms with Gasteiger partial charge in [0.15, 0.2) is 11.5 Å². The van der Waals surface area contributed by atoms with Crippen molar-refractivity contribution >= 4 is 16.7 Å². The Bertz CT molecular complexity index is 107. The van der Waals surface area contributed by atoms with Crippen molar-refractivity contribution in [3.8, 4) is 0 Å². The van der Waals surface area contributed by atoms with Crippen molar-refractivity contribution in [2.24, 2.45) is 0 Å². The zero-order valence-electron chi connectivity index (χ0n) is 5.85. The van der Waals surface area contributed by atoms with Crippen LogP contribution in [0.25, 0.3) is 0 Å². The molecule has 0 aliphatic carbocycles. The predicted molar refractivity (Wildman–Crippen MR) is 41.9 cm³/mol. The quantitative estimate of drug-likeness (QED) is 0.541. The summed E-state index contributed by atoms with van der Waals surface area (Å²) in [7, 11) is 0.524. The van der Waals surface area contributed by atoms with Crippen molar-refractivity contribution in [3.63, 3.8) is 0 Å². The van der Waals surface area contributed by atoms with Gasteiger partial charge in [0.25, 0.3) is 0 Å². The van der Waals surface area contributed by atoms with E-state index >= 15 is 0 Å². The molecule has 52 valence electrons. The van der Waals surface area contributed by atoms with E-state index in [2.05, 4.69) is 0 Å². The van der Waals surface area contributed by atoms with E-state index < -0.39 is 0 Å². The van der Waals surface area contributed by atoms with Crippen LogP contribution in [0.5, 0.6) is 0 Å². The van der Waals surface area contributed by atoms with Gasteiger partial charge in [-0.05, 0) is 10.9 Å². The first-order valence-corrected chi connectivity index (χ1v) is 5.22. The van der Waals surface area contributed by atoms with E-state index in [1.165, 1.54) is 17.9 Å². The molecule has 1 fully saturated rings. The van der Waals surface area contributed by atoms with Crippen LogP contribution in [0, 0.1) is 0 Å². The van der Waals surface area contributed by atoms with Crippen LogP contribution < -0.4 is 0 Å². The van der Waals surface area contributed by atoms with Gasteiger partial charge in [-0.25, -0.2) is 0 Å². The van der Waals surface area contributed by atoms with Crippen LogP contribution in [0.15, 0.2) is 0 Å². The molecule has 1 heterocycles. The van der Waals surface area contributed by atoms with Crippen LogP contribution in [-0.2, 0) is 15.7 Å². The van der Waals surface area contributed by atoms with Gasteiger partial charge in [-0.3, -0.25) is 4.79 Å². The monoisotopic (exact) mass is 145 g/mol. The van der Waals surface area contributed by atoms with Crippen molar-refractivity contribution in [3.05, 3.63) is 0 Å². The van der Waals surface area contributed by atoms with Gasteiger partial charge < -0.3 is 0 Å². The molecule has 0 aromatic carbocycles. The summed E-state index contributed by atoms with van der Waals surface area (Å²) in [6.07, 6.45) is 2.10. The molecule has 1 rings (SSSR count). The van der Waals surface area contributed by atoms with Gasteiger partial charge in [-0.2, -0.15) is 0 Å². The standard InChI is InChI=1S/C7H13OS/c1-2-7(8)6-9-4-3-5-9/h2-6H2,1H3/q+1. The minimum Gasteiger partial charge on any atom is -0.294 e. The molecule has 0 saturated carbocycles. The molecule has 0 radical (unpaired) electrons. The zero-order chi connectivity index (χ0) is 6.69. The van der Waals surface area contributed by atoms with E-state index in [0.717, 1.165) is 12.2 Å². The maximum atomic E-state index is 10.8. The predicted octanol–water partition coefficient (Wildman–Crippen LogP) is 0.988. The van der Waals surface area contributed by atoms with Crippen LogP contribution in [0.1, 0.15) is 19.8 Å². The average Bonchev–Trinajstić information content (AvgIpc) is 1.78. The summed E-state index contributed by atoms with van der Waals surface area (Å²) >= 11 is 0. The lowest BCUT2D eigenvalue weighted by atomic mass is 10.4. The lowest BCUT2D eigenvalue weighted by molar-refractivity contribution is -0.116. The fourth-order valence-electron chi connectivity index (χ4n) is 0.823. The van der Waals surface area contributed by atoms with Crippen molar-refractivity contribution in [1.29, 1.82) is 0 Å². The van der Waals surface area contributed by atoms with E-state index in [1.54, 1.807) is 0 Å². The summed E-state index contributed by atoms with van der Waals surface area (Å²) in [5, 5.41) is 0. The molecule has 0 bridgehead atoms. The summed E-state index contributed by atoms with van der Waals surface area (Å²) in [4.78, 5) is 10.8. The second-order valence-electron chi connectivity index (χ2n) is 2.41. The van der Waals surface area contributed by atoms with Gasteiger partial charge in [-0.15, -0.1) is 0 Å². The molecule has 0 aromatic heterocycles. The molecule has 1 nitrogen and oxygen atoms in total. The number of carbonyl (C=O) groups excluding carboxylic acids is 1. The van der Waals surface area contributed by atoms with Gasteiger partial charge in [0.2, 0.25) is 0 Å². The summed E-state index contributed by atoms with van der Waals surface area (Å²) in [5.41, 5.74) is 0. The molecule has 2 heteroatoms. The molecule has 0 spiro atoms. The molecule has 0 atom stereocenters. The largest absolute Gasteiger partial charge is 0.294 e. The molecule has 1 aliphatic heterocycles. The number of ketones is 1. The number of rotatable bonds is 3. The fraction of sp³-hybridized carbons (Fsp3) is 0.857. The van der Waals surface area contributed by atoms with E-state index in [1.807, 2.05) is 6.92 Å². The van der Waals surface area contributed by atoms with Crippen LogP contribution in [-0.4, -0.2) is 23.0 Å². The SMILES string of the molecule is CCC(=O)C[S+]1CCC1. The Morgan fingerprint density at radius 1 is 1.56 bits per heavy atom. The highest BCUT2D eigenvalue weighted by Gasteiger charge is 2.29. The Kier molecular flexibility index (Phi) is 2.58. The first kappa shape index (κ1) is 7.13. The van der Waals surface area contributed by atoms with E-state index in [4.69, 9.17) is 0 Å². The molecule has 1 saturated heterocycles. The Balaban J connectivity index is 2.09. The number of hydrogen-bond donors (Lipinski definition) is 0. The lowest BCUT2D eigenvalue weighted by Crippen LogP contribution is -2.30. The van der Waals surface area contributed by atoms with Crippen molar-refractivity contribution < 1.29 is 4.79 Å². The Hall–Kier alpha value is 0.0200. The maximum absolute atomic E-state index is 10.8. The van der Waals surface area contributed by atoms with E-state index in [-0.39, 0.29) is 0 Å². The zero-order valence-corrected chi connectivity index (χ0v) is 6.67. The highest BCUT2D eigenvalue weighted by atomic mass is 32.2. The number of carbonyl (C=O) groups is 1. The third kappa shape index (κ3) is 2.01. The summed E-state index contributed by atoms with van der Waals surface area (Å²) < 4.78 is 0. The number of hydrogen-bond acceptors (Lipinski definition) is 1. The second kappa shape index (κ2) is 3.25. The van der Waals surface area contributed by atoms with Gasteiger partial charge in [0, 0.05) is 12.8 Å². The van der Waals surface area contributed by atoms with Gasteiger partial charge in [0.1, 0.15) is 11.5 Å². The summed E-state index contributed by atoms with van der Waals surface area (Å²) in [6.45, 7) is 1.95.